The van der Waals surface area contributed by atoms with Crippen LogP contribution in [-0.2, 0) is 26.0 Å². The Balaban J connectivity index is 1.88. The van der Waals surface area contributed by atoms with E-state index in [2.05, 4.69) is 15.0 Å². The molecular formula is C17H28N4O4S. The summed E-state index contributed by atoms with van der Waals surface area (Å²) >= 11 is 0. The van der Waals surface area contributed by atoms with Crippen LogP contribution in [0.15, 0.2) is 34.2 Å². The number of aliphatic imine (C=N–C) groups is 1. The number of nitrogens with two attached hydrogens (primary N) is 1. The van der Waals surface area contributed by atoms with Gasteiger partial charge in [0.2, 0.25) is 10.0 Å². The van der Waals surface area contributed by atoms with Crippen LogP contribution in [0.4, 0.5) is 0 Å². The summed E-state index contributed by atoms with van der Waals surface area (Å²) in [6, 6.07) is 6.66. The van der Waals surface area contributed by atoms with Crippen LogP contribution in [0.25, 0.3) is 0 Å². The number of hydrogen-bond donors (Lipinski definition) is 3. The van der Waals surface area contributed by atoms with Gasteiger partial charge in [-0.2, -0.15) is 0 Å². The molecule has 0 bridgehead atoms. The Kier molecular flexibility index (Phi) is 7.83. The van der Waals surface area contributed by atoms with Crippen molar-refractivity contribution in [2.45, 2.75) is 43.4 Å². The quantitative estimate of drug-likeness (QED) is 0.424. The topological polar surface area (TPSA) is 115 Å². The Morgan fingerprint density at radius 3 is 2.77 bits per heavy atom. The summed E-state index contributed by atoms with van der Waals surface area (Å²) in [5, 5.41) is 3.02. The molecule has 0 spiro atoms. The number of guanidine groups is 1. The Labute approximate surface area is 155 Å². The van der Waals surface area contributed by atoms with E-state index in [0.29, 0.717) is 32.3 Å². The van der Waals surface area contributed by atoms with Crippen molar-refractivity contribution in [2.75, 3.05) is 26.9 Å². The van der Waals surface area contributed by atoms with Gasteiger partial charge in [-0.1, -0.05) is 12.1 Å². The molecule has 0 aromatic heterocycles. The fraction of sp³-hybridized carbons (Fsp3) is 0.588. The SMILES string of the molecule is COCC(C)NC(N)=NCc1ccc(S(=O)(=O)NCC2CCCO2)cc1. The standard InChI is InChI=1S/C17H28N4O4S/c1-13(12-24-2)21-17(18)19-10-14-5-7-16(8-6-14)26(22,23)20-11-15-4-3-9-25-15/h5-8,13,15,20H,3-4,9-12H2,1-2H3,(H3,18,19,21). The highest BCUT2D eigenvalue weighted by molar-refractivity contribution is 7.89. The van der Waals surface area contributed by atoms with E-state index in [9.17, 15) is 8.42 Å². The fourth-order valence-corrected chi connectivity index (χ4v) is 3.70. The van der Waals surface area contributed by atoms with Crippen molar-refractivity contribution in [1.82, 2.24) is 10.0 Å². The van der Waals surface area contributed by atoms with Crippen molar-refractivity contribution in [3.8, 4) is 0 Å². The average Bonchev–Trinajstić information content (AvgIpc) is 3.12. The molecule has 0 saturated carbocycles. The summed E-state index contributed by atoms with van der Waals surface area (Å²) in [7, 11) is -1.91. The second-order valence-corrected chi connectivity index (χ2v) is 8.10. The fourth-order valence-electron chi connectivity index (χ4n) is 2.63. The van der Waals surface area contributed by atoms with Gasteiger partial charge in [0.1, 0.15) is 0 Å². The van der Waals surface area contributed by atoms with Gasteiger partial charge in [0.05, 0.1) is 24.2 Å². The maximum Gasteiger partial charge on any atom is 0.240 e. The maximum atomic E-state index is 12.3. The van der Waals surface area contributed by atoms with E-state index in [-0.39, 0.29) is 17.0 Å². The Hall–Kier alpha value is -1.68. The van der Waals surface area contributed by atoms with Gasteiger partial charge in [0.25, 0.3) is 0 Å². The van der Waals surface area contributed by atoms with Gasteiger partial charge in [-0.05, 0) is 37.5 Å². The summed E-state index contributed by atoms with van der Waals surface area (Å²) < 4.78 is 37.7. The normalized spacial score (nSPS) is 19.5. The molecule has 1 fully saturated rings. The van der Waals surface area contributed by atoms with Crippen LogP contribution in [0, 0.1) is 0 Å². The Morgan fingerprint density at radius 1 is 1.42 bits per heavy atom. The molecule has 1 aromatic rings. The zero-order chi connectivity index (χ0) is 19.0. The molecule has 26 heavy (non-hydrogen) atoms. The second kappa shape index (κ2) is 9.86. The molecule has 8 nitrogen and oxygen atoms in total. The number of nitrogens with zero attached hydrogens (tertiary/aromatic N) is 1. The highest BCUT2D eigenvalue weighted by Crippen LogP contribution is 2.14. The molecule has 1 aliphatic heterocycles. The number of benzene rings is 1. The Bertz CT molecular complexity index is 685. The van der Waals surface area contributed by atoms with Crippen molar-refractivity contribution >= 4 is 16.0 Å². The first-order chi connectivity index (χ1) is 12.4. The number of sulfonamides is 1. The summed E-state index contributed by atoms with van der Waals surface area (Å²) in [4.78, 5) is 4.47. The number of ether oxygens (including phenoxy) is 2. The van der Waals surface area contributed by atoms with Crippen molar-refractivity contribution in [2.24, 2.45) is 10.7 Å². The first-order valence-corrected chi connectivity index (χ1v) is 10.1. The highest BCUT2D eigenvalue weighted by atomic mass is 32.2. The number of rotatable bonds is 9. The number of nitrogens with one attached hydrogen (secondary N) is 2. The average molecular weight is 385 g/mol. The highest BCUT2D eigenvalue weighted by Gasteiger charge is 2.20. The summed E-state index contributed by atoms with van der Waals surface area (Å²) in [6.45, 7) is 3.83. The molecule has 1 heterocycles. The van der Waals surface area contributed by atoms with Crippen molar-refractivity contribution in [1.29, 1.82) is 0 Å². The minimum Gasteiger partial charge on any atom is -0.383 e. The molecule has 1 saturated heterocycles. The lowest BCUT2D eigenvalue weighted by Crippen LogP contribution is -2.40. The molecule has 0 amide bonds. The van der Waals surface area contributed by atoms with Crippen LogP contribution >= 0.6 is 0 Å². The van der Waals surface area contributed by atoms with Gasteiger partial charge in [-0.25, -0.2) is 18.1 Å². The molecule has 0 radical (unpaired) electrons. The number of methoxy groups -OCH3 is 1. The monoisotopic (exact) mass is 384 g/mol. The third kappa shape index (κ3) is 6.56. The molecule has 1 aliphatic rings. The van der Waals surface area contributed by atoms with Gasteiger partial charge in [0, 0.05) is 26.3 Å². The van der Waals surface area contributed by atoms with Gasteiger partial charge < -0.3 is 20.5 Å². The lowest BCUT2D eigenvalue weighted by atomic mass is 10.2. The van der Waals surface area contributed by atoms with E-state index in [1.165, 1.54) is 0 Å². The minimum atomic E-state index is -3.53. The smallest absolute Gasteiger partial charge is 0.240 e. The van der Waals surface area contributed by atoms with Gasteiger partial charge in [-0.15, -0.1) is 0 Å². The molecular weight excluding hydrogens is 356 g/mol. The lowest BCUT2D eigenvalue weighted by molar-refractivity contribution is 0.114. The van der Waals surface area contributed by atoms with Crippen LogP contribution in [0.2, 0.25) is 0 Å². The van der Waals surface area contributed by atoms with Crippen molar-refractivity contribution in [3.05, 3.63) is 29.8 Å². The van der Waals surface area contributed by atoms with Crippen LogP contribution in [0.1, 0.15) is 25.3 Å². The largest absolute Gasteiger partial charge is 0.383 e. The molecule has 0 aliphatic carbocycles. The lowest BCUT2D eigenvalue weighted by Gasteiger charge is -2.13. The van der Waals surface area contributed by atoms with Crippen molar-refractivity contribution < 1.29 is 17.9 Å². The zero-order valence-electron chi connectivity index (χ0n) is 15.3. The van der Waals surface area contributed by atoms with Crippen molar-refractivity contribution in [3.63, 3.8) is 0 Å². The van der Waals surface area contributed by atoms with Crippen LogP contribution in [0.3, 0.4) is 0 Å². The first kappa shape index (κ1) is 20.6. The molecule has 9 heteroatoms. The van der Waals surface area contributed by atoms with E-state index in [4.69, 9.17) is 15.2 Å². The van der Waals surface area contributed by atoms with E-state index in [1.54, 1.807) is 31.4 Å². The summed E-state index contributed by atoms with van der Waals surface area (Å²) in [6.07, 6.45) is 1.83. The third-order valence-corrected chi connectivity index (χ3v) is 5.44. The second-order valence-electron chi connectivity index (χ2n) is 6.33. The summed E-state index contributed by atoms with van der Waals surface area (Å²) in [5.41, 5.74) is 6.68. The van der Waals surface area contributed by atoms with Gasteiger partial charge >= 0.3 is 0 Å². The minimum absolute atomic E-state index is 0.0330. The van der Waals surface area contributed by atoms with E-state index < -0.39 is 10.0 Å². The predicted octanol–water partition coefficient (Wildman–Crippen LogP) is 0.583. The van der Waals surface area contributed by atoms with E-state index >= 15 is 0 Å². The van der Waals surface area contributed by atoms with Gasteiger partial charge in [-0.3, -0.25) is 0 Å². The summed E-state index contributed by atoms with van der Waals surface area (Å²) in [5.74, 6) is 0.324. The first-order valence-electron chi connectivity index (χ1n) is 8.66. The Morgan fingerprint density at radius 2 is 2.15 bits per heavy atom. The zero-order valence-corrected chi connectivity index (χ0v) is 16.1. The molecule has 1 aromatic carbocycles. The van der Waals surface area contributed by atoms with E-state index in [0.717, 1.165) is 18.4 Å². The molecule has 4 N–H and O–H groups in total. The number of hydrogen-bond acceptors (Lipinski definition) is 5. The molecule has 2 atom stereocenters. The van der Waals surface area contributed by atoms with Crippen LogP contribution < -0.4 is 15.8 Å². The predicted molar refractivity (Wildman–Crippen MR) is 100 cm³/mol. The molecule has 2 unspecified atom stereocenters. The van der Waals surface area contributed by atoms with Crippen LogP contribution in [0.5, 0.6) is 0 Å². The molecule has 2 rings (SSSR count). The maximum absolute atomic E-state index is 12.3. The van der Waals surface area contributed by atoms with Crippen LogP contribution in [-0.4, -0.2) is 53.4 Å². The van der Waals surface area contributed by atoms with Gasteiger partial charge in [0.15, 0.2) is 5.96 Å². The molecule has 146 valence electrons. The third-order valence-electron chi connectivity index (χ3n) is 4.00. The van der Waals surface area contributed by atoms with E-state index in [1.807, 2.05) is 6.92 Å².